The molecule has 2 heterocycles. The Morgan fingerprint density at radius 2 is 1.95 bits per heavy atom. The van der Waals surface area contributed by atoms with Crippen molar-refractivity contribution in [3.05, 3.63) is 54.2 Å². The van der Waals surface area contributed by atoms with Crippen LogP contribution in [-0.4, -0.2) is 20.0 Å². The lowest BCUT2D eigenvalue weighted by molar-refractivity contribution is 0.825. The summed E-state index contributed by atoms with van der Waals surface area (Å²) < 4.78 is 1.59. The van der Waals surface area contributed by atoms with E-state index in [-0.39, 0.29) is 0 Å². The molecule has 1 aromatic carbocycles. The Morgan fingerprint density at radius 3 is 2.68 bits per heavy atom. The molecule has 19 heavy (non-hydrogen) atoms. The Balaban J connectivity index is 2.10. The third-order valence-corrected chi connectivity index (χ3v) is 2.93. The summed E-state index contributed by atoms with van der Waals surface area (Å²) in [7, 11) is 0. The van der Waals surface area contributed by atoms with Crippen LogP contribution >= 0.6 is 0 Å². The third-order valence-electron chi connectivity index (χ3n) is 2.93. The lowest BCUT2D eigenvalue weighted by atomic mass is 10.1. The summed E-state index contributed by atoms with van der Waals surface area (Å²) in [6, 6.07) is 13.5. The molecule has 5 heteroatoms. The molecular formula is C14H13N5. The van der Waals surface area contributed by atoms with Gasteiger partial charge in [0.15, 0.2) is 5.82 Å². The molecule has 2 N–H and O–H groups in total. The van der Waals surface area contributed by atoms with Gasteiger partial charge >= 0.3 is 0 Å². The van der Waals surface area contributed by atoms with Crippen LogP contribution in [0.25, 0.3) is 17.1 Å². The van der Waals surface area contributed by atoms with Crippen molar-refractivity contribution in [1.29, 1.82) is 0 Å². The second-order valence-corrected chi connectivity index (χ2v) is 4.26. The van der Waals surface area contributed by atoms with E-state index in [1.54, 1.807) is 16.9 Å². The number of benzene rings is 1. The molecule has 0 unspecified atom stereocenters. The van der Waals surface area contributed by atoms with Gasteiger partial charge in [-0.1, -0.05) is 24.3 Å². The van der Waals surface area contributed by atoms with Crippen LogP contribution in [0.15, 0.2) is 48.7 Å². The van der Waals surface area contributed by atoms with Gasteiger partial charge in [-0.05, 0) is 24.6 Å². The van der Waals surface area contributed by atoms with Crippen molar-refractivity contribution in [2.24, 2.45) is 0 Å². The summed E-state index contributed by atoms with van der Waals surface area (Å²) in [6.45, 7) is 2.05. The summed E-state index contributed by atoms with van der Waals surface area (Å²) in [5.41, 5.74) is 9.05. The normalized spacial score (nSPS) is 10.6. The molecule has 3 rings (SSSR count). The van der Waals surface area contributed by atoms with Crippen LogP contribution in [0.2, 0.25) is 0 Å². The summed E-state index contributed by atoms with van der Waals surface area (Å²) in [6.07, 6.45) is 1.62. The molecule has 0 fully saturated rings. The van der Waals surface area contributed by atoms with Crippen molar-refractivity contribution in [3.8, 4) is 17.1 Å². The van der Waals surface area contributed by atoms with Crippen molar-refractivity contribution in [2.75, 3.05) is 5.73 Å². The first-order chi connectivity index (χ1) is 9.25. The highest BCUT2D eigenvalue weighted by Gasteiger charge is 2.10. The molecule has 0 saturated heterocycles. The highest BCUT2D eigenvalue weighted by atomic mass is 15.4. The minimum absolute atomic E-state index is 0.541. The van der Waals surface area contributed by atoms with Gasteiger partial charge in [0.05, 0.1) is 5.69 Å². The summed E-state index contributed by atoms with van der Waals surface area (Å²) in [5.74, 6) is 1.15. The van der Waals surface area contributed by atoms with E-state index in [9.17, 15) is 0 Å². The predicted octanol–water partition coefficient (Wildman–Crippen LogP) is 2.22. The second-order valence-electron chi connectivity index (χ2n) is 4.26. The van der Waals surface area contributed by atoms with Crippen LogP contribution in [0.4, 0.5) is 5.82 Å². The maximum atomic E-state index is 5.99. The SMILES string of the molecule is Cc1ccccc1-c1cc(N)n(-c2cccnn2)n1. The third kappa shape index (κ3) is 2.06. The van der Waals surface area contributed by atoms with Crippen molar-refractivity contribution in [3.63, 3.8) is 0 Å². The molecule has 0 radical (unpaired) electrons. The van der Waals surface area contributed by atoms with Crippen molar-refractivity contribution in [2.45, 2.75) is 6.92 Å². The molecule has 5 nitrogen and oxygen atoms in total. The minimum Gasteiger partial charge on any atom is -0.384 e. The number of hydrogen-bond donors (Lipinski definition) is 1. The molecule has 2 aromatic heterocycles. The zero-order valence-electron chi connectivity index (χ0n) is 10.5. The summed E-state index contributed by atoms with van der Waals surface area (Å²) >= 11 is 0. The first kappa shape index (κ1) is 11.4. The maximum Gasteiger partial charge on any atom is 0.177 e. The summed E-state index contributed by atoms with van der Waals surface area (Å²) in [4.78, 5) is 0. The van der Waals surface area contributed by atoms with Crippen LogP contribution in [-0.2, 0) is 0 Å². The van der Waals surface area contributed by atoms with E-state index in [0.717, 1.165) is 16.8 Å². The van der Waals surface area contributed by atoms with Gasteiger partial charge in [-0.3, -0.25) is 0 Å². The lowest BCUT2D eigenvalue weighted by Gasteiger charge is -2.02. The van der Waals surface area contributed by atoms with Crippen molar-refractivity contribution >= 4 is 5.82 Å². The van der Waals surface area contributed by atoms with Gasteiger partial charge in [0.2, 0.25) is 0 Å². The average molecular weight is 251 g/mol. The molecule has 0 aliphatic carbocycles. The van der Waals surface area contributed by atoms with E-state index in [2.05, 4.69) is 15.3 Å². The van der Waals surface area contributed by atoms with Gasteiger partial charge < -0.3 is 5.73 Å². The van der Waals surface area contributed by atoms with Gasteiger partial charge in [-0.15, -0.1) is 5.10 Å². The van der Waals surface area contributed by atoms with Gasteiger partial charge in [-0.2, -0.15) is 14.9 Å². The Labute approximate surface area is 110 Å². The van der Waals surface area contributed by atoms with E-state index in [1.165, 1.54) is 0 Å². The highest BCUT2D eigenvalue weighted by Crippen LogP contribution is 2.24. The van der Waals surface area contributed by atoms with Crippen LogP contribution in [0.1, 0.15) is 5.56 Å². The number of nitrogen functional groups attached to an aromatic ring is 1. The quantitative estimate of drug-likeness (QED) is 0.758. The molecule has 0 atom stereocenters. The fraction of sp³-hybridized carbons (Fsp3) is 0.0714. The zero-order valence-corrected chi connectivity index (χ0v) is 10.5. The number of aromatic nitrogens is 4. The van der Waals surface area contributed by atoms with Gasteiger partial charge in [-0.25, -0.2) is 0 Å². The van der Waals surface area contributed by atoms with Crippen molar-refractivity contribution < 1.29 is 0 Å². The first-order valence-electron chi connectivity index (χ1n) is 5.95. The monoisotopic (exact) mass is 251 g/mol. The van der Waals surface area contributed by atoms with Gasteiger partial charge in [0.25, 0.3) is 0 Å². The number of anilines is 1. The van der Waals surface area contributed by atoms with E-state index in [4.69, 9.17) is 5.73 Å². The van der Waals surface area contributed by atoms with Crippen LogP contribution in [0, 0.1) is 6.92 Å². The average Bonchev–Trinajstić information content (AvgIpc) is 2.82. The number of hydrogen-bond acceptors (Lipinski definition) is 4. The Morgan fingerprint density at radius 1 is 1.11 bits per heavy atom. The van der Waals surface area contributed by atoms with E-state index >= 15 is 0 Å². The molecule has 94 valence electrons. The van der Waals surface area contributed by atoms with Crippen LogP contribution in [0.3, 0.4) is 0 Å². The van der Waals surface area contributed by atoms with E-state index in [1.807, 2.05) is 43.3 Å². The molecule has 0 saturated carbocycles. The first-order valence-corrected chi connectivity index (χ1v) is 5.95. The standard InChI is InChI=1S/C14H13N5/c1-10-5-2-3-6-11(10)12-9-13(15)19(18-12)14-7-4-8-16-17-14/h2-9H,15H2,1H3. The molecule has 0 aliphatic heterocycles. The molecular weight excluding hydrogens is 238 g/mol. The zero-order chi connectivity index (χ0) is 13.2. The largest absolute Gasteiger partial charge is 0.384 e. The molecule has 0 bridgehead atoms. The molecule has 0 amide bonds. The summed E-state index contributed by atoms with van der Waals surface area (Å²) in [5, 5.41) is 12.3. The smallest absolute Gasteiger partial charge is 0.177 e. The number of rotatable bonds is 2. The van der Waals surface area contributed by atoms with Crippen LogP contribution < -0.4 is 5.73 Å². The maximum absolute atomic E-state index is 5.99. The predicted molar refractivity (Wildman–Crippen MR) is 73.7 cm³/mol. The Kier molecular flexibility index (Phi) is 2.72. The lowest BCUT2D eigenvalue weighted by Crippen LogP contribution is -2.04. The number of nitrogens with two attached hydrogens (primary N) is 1. The van der Waals surface area contributed by atoms with Gasteiger partial charge in [0, 0.05) is 17.8 Å². The second kappa shape index (κ2) is 4.53. The number of nitrogens with zero attached hydrogens (tertiary/aromatic N) is 4. The van der Waals surface area contributed by atoms with E-state index < -0.39 is 0 Å². The number of aryl methyl sites for hydroxylation is 1. The van der Waals surface area contributed by atoms with Crippen molar-refractivity contribution in [1.82, 2.24) is 20.0 Å². The fourth-order valence-electron chi connectivity index (χ4n) is 1.98. The van der Waals surface area contributed by atoms with Gasteiger partial charge in [0.1, 0.15) is 5.82 Å². The van der Waals surface area contributed by atoms with E-state index in [0.29, 0.717) is 11.6 Å². The fourth-order valence-corrected chi connectivity index (χ4v) is 1.98. The minimum atomic E-state index is 0.541. The van der Waals surface area contributed by atoms with Crippen LogP contribution in [0.5, 0.6) is 0 Å². The molecule has 3 aromatic rings. The molecule has 0 aliphatic rings. The molecule has 0 spiro atoms. The topological polar surface area (TPSA) is 69.6 Å². The Hall–Kier alpha value is -2.69. The Bertz CT molecular complexity index is 703. The highest BCUT2D eigenvalue weighted by molar-refractivity contribution is 5.66.